The molecule has 1 aromatic rings. The maximum absolute atomic E-state index is 12.4. The van der Waals surface area contributed by atoms with Gasteiger partial charge in [0, 0.05) is 16.6 Å². The number of anilines is 1. The third-order valence-corrected chi connectivity index (χ3v) is 5.01. The van der Waals surface area contributed by atoms with Crippen LogP contribution >= 0.6 is 15.9 Å². The van der Waals surface area contributed by atoms with E-state index in [2.05, 4.69) is 28.2 Å². The Labute approximate surface area is 159 Å². The van der Waals surface area contributed by atoms with Crippen molar-refractivity contribution >= 4 is 27.5 Å². The maximum atomic E-state index is 12.4. The highest BCUT2D eigenvalue weighted by Crippen LogP contribution is 2.30. The van der Waals surface area contributed by atoms with Crippen LogP contribution in [0.25, 0.3) is 0 Å². The van der Waals surface area contributed by atoms with Crippen LogP contribution in [0.1, 0.15) is 64.7 Å². The molecule has 140 valence electrons. The predicted molar refractivity (Wildman–Crippen MR) is 105 cm³/mol. The second kappa shape index (κ2) is 10.9. The zero-order chi connectivity index (χ0) is 18.0. The summed E-state index contributed by atoms with van der Waals surface area (Å²) in [5.74, 6) is -0.803. The fourth-order valence-corrected chi connectivity index (χ4v) is 3.60. The molecule has 0 bridgehead atoms. The van der Waals surface area contributed by atoms with Gasteiger partial charge in [-0.15, -0.1) is 0 Å². The van der Waals surface area contributed by atoms with Gasteiger partial charge in [-0.2, -0.15) is 0 Å². The van der Waals surface area contributed by atoms with Gasteiger partial charge in [0.05, 0.1) is 19.6 Å². The Morgan fingerprint density at radius 2 is 1.80 bits per heavy atom. The Bertz CT molecular complexity index is 529. The Kier molecular flexibility index (Phi) is 8.93. The highest BCUT2D eigenvalue weighted by Gasteiger charge is 2.38. The van der Waals surface area contributed by atoms with Crippen LogP contribution in [-0.4, -0.2) is 24.9 Å². The van der Waals surface area contributed by atoms with E-state index < -0.39 is 5.79 Å². The second-order valence-corrected chi connectivity index (χ2v) is 7.63. The standard InChI is InChI=1S/C20H30BrNO3/c1-2-3-4-5-6-7-8-12-20(24-13-14-25-20)16-19(23)22-18-11-9-10-17(21)15-18/h9-11,15H,2-8,12-14,16H2,1H3,(H,22,23). The molecular weight excluding hydrogens is 382 g/mol. The van der Waals surface area contributed by atoms with E-state index in [1.165, 1.54) is 38.5 Å². The molecule has 1 heterocycles. The van der Waals surface area contributed by atoms with Gasteiger partial charge >= 0.3 is 0 Å². The summed E-state index contributed by atoms with van der Waals surface area (Å²) in [5.41, 5.74) is 0.781. The predicted octanol–water partition coefficient (Wildman–Crippen LogP) is 5.66. The van der Waals surface area contributed by atoms with Gasteiger partial charge in [-0.25, -0.2) is 0 Å². The van der Waals surface area contributed by atoms with E-state index in [0.717, 1.165) is 23.0 Å². The first-order valence-corrected chi connectivity index (χ1v) is 10.3. The molecule has 1 amide bonds. The van der Waals surface area contributed by atoms with Gasteiger partial charge in [-0.3, -0.25) is 4.79 Å². The number of hydrogen-bond acceptors (Lipinski definition) is 3. The van der Waals surface area contributed by atoms with E-state index in [1.54, 1.807) is 0 Å². The lowest BCUT2D eigenvalue weighted by molar-refractivity contribution is -0.172. The molecule has 1 fully saturated rings. The molecule has 1 aliphatic heterocycles. The van der Waals surface area contributed by atoms with Crippen molar-refractivity contribution in [2.24, 2.45) is 0 Å². The molecule has 0 aromatic heterocycles. The highest BCUT2D eigenvalue weighted by atomic mass is 79.9. The lowest BCUT2D eigenvalue weighted by Gasteiger charge is -2.27. The molecule has 0 spiro atoms. The lowest BCUT2D eigenvalue weighted by Crippen LogP contribution is -2.35. The number of unbranched alkanes of at least 4 members (excludes halogenated alkanes) is 6. The van der Waals surface area contributed by atoms with Crippen LogP contribution in [0.2, 0.25) is 0 Å². The Balaban J connectivity index is 1.75. The Hall–Kier alpha value is -0.910. The summed E-state index contributed by atoms with van der Waals surface area (Å²) in [6.45, 7) is 3.37. The number of nitrogens with one attached hydrogen (secondary N) is 1. The van der Waals surface area contributed by atoms with E-state index in [-0.39, 0.29) is 12.3 Å². The molecule has 1 aromatic carbocycles. The van der Waals surface area contributed by atoms with Crippen LogP contribution in [-0.2, 0) is 14.3 Å². The third-order valence-electron chi connectivity index (χ3n) is 4.51. The molecular formula is C20H30BrNO3. The van der Waals surface area contributed by atoms with E-state index >= 15 is 0 Å². The fourth-order valence-electron chi connectivity index (χ4n) is 3.20. The molecule has 25 heavy (non-hydrogen) atoms. The molecule has 1 N–H and O–H groups in total. The summed E-state index contributed by atoms with van der Waals surface area (Å²) in [4.78, 5) is 12.4. The van der Waals surface area contributed by atoms with Gasteiger partial charge in [0.2, 0.25) is 5.91 Å². The number of benzene rings is 1. The van der Waals surface area contributed by atoms with Gasteiger partial charge in [-0.05, 0) is 24.6 Å². The van der Waals surface area contributed by atoms with Gasteiger partial charge in [0.15, 0.2) is 5.79 Å². The second-order valence-electron chi connectivity index (χ2n) is 6.71. The number of carbonyl (C=O) groups excluding carboxylic acids is 1. The molecule has 0 atom stereocenters. The molecule has 0 saturated carbocycles. The molecule has 2 rings (SSSR count). The third kappa shape index (κ3) is 7.47. The first-order valence-electron chi connectivity index (χ1n) is 9.47. The summed E-state index contributed by atoms with van der Waals surface area (Å²) >= 11 is 3.41. The summed E-state index contributed by atoms with van der Waals surface area (Å²) in [5, 5.41) is 2.93. The van der Waals surface area contributed by atoms with Crippen molar-refractivity contribution in [2.75, 3.05) is 18.5 Å². The Morgan fingerprint density at radius 3 is 2.48 bits per heavy atom. The zero-order valence-corrected chi connectivity index (χ0v) is 16.8. The minimum Gasteiger partial charge on any atom is -0.347 e. The quantitative estimate of drug-likeness (QED) is 0.477. The summed E-state index contributed by atoms with van der Waals surface area (Å²) in [6, 6.07) is 7.59. The summed E-state index contributed by atoms with van der Waals surface area (Å²) in [7, 11) is 0. The number of rotatable bonds is 11. The lowest BCUT2D eigenvalue weighted by atomic mass is 10.0. The van der Waals surface area contributed by atoms with Crippen molar-refractivity contribution in [3.8, 4) is 0 Å². The summed E-state index contributed by atoms with van der Waals surface area (Å²) < 4.78 is 12.6. The minimum absolute atomic E-state index is 0.0667. The van der Waals surface area contributed by atoms with Crippen molar-refractivity contribution in [3.05, 3.63) is 28.7 Å². The van der Waals surface area contributed by atoms with Crippen molar-refractivity contribution in [1.82, 2.24) is 0 Å². The number of halogens is 1. The van der Waals surface area contributed by atoms with Gasteiger partial charge in [0.25, 0.3) is 0 Å². The minimum atomic E-state index is -0.737. The number of carbonyl (C=O) groups is 1. The number of hydrogen-bond donors (Lipinski definition) is 1. The van der Waals surface area contributed by atoms with Gasteiger partial charge < -0.3 is 14.8 Å². The smallest absolute Gasteiger partial charge is 0.229 e. The van der Waals surface area contributed by atoms with E-state index in [9.17, 15) is 4.79 Å². The van der Waals surface area contributed by atoms with Gasteiger partial charge in [0.1, 0.15) is 0 Å². The van der Waals surface area contributed by atoms with Crippen LogP contribution in [0, 0.1) is 0 Å². The first kappa shape index (κ1) is 20.4. The average Bonchev–Trinajstić information content (AvgIpc) is 3.02. The normalized spacial score (nSPS) is 16.1. The van der Waals surface area contributed by atoms with Gasteiger partial charge in [-0.1, -0.05) is 67.4 Å². The molecule has 5 heteroatoms. The number of ether oxygens (including phenoxy) is 2. The summed E-state index contributed by atoms with van der Waals surface area (Å²) in [6.07, 6.45) is 9.71. The first-order chi connectivity index (χ1) is 12.1. The zero-order valence-electron chi connectivity index (χ0n) is 15.2. The van der Waals surface area contributed by atoms with E-state index in [0.29, 0.717) is 13.2 Å². The van der Waals surface area contributed by atoms with Crippen molar-refractivity contribution in [2.45, 2.75) is 70.5 Å². The Morgan fingerprint density at radius 1 is 1.12 bits per heavy atom. The fraction of sp³-hybridized carbons (Fsp3) is 0.650. The van der Waals surface area contributed by atoms with E-state index in [4.69, 9.17) is 9.47 Å². The topological polar surface area (TPSA) is 47.6 Å². The molecule has 1 saturated heterocycles. The molecule has 0 unspecified atom stereocenters. The van der Waals surface area contributed by atoms with Crippen LogP contribution in [0.5, 0.6) is 0 Å². The molecule has 4 nitrogen and oxygen atoms in total. The van der Waals surface area contributed by atoms with E-state index in [1.807, 2.05) is 24.3 Å². The molecule has 0 radical (unpaired) electrons. The van der Waals surface area contributed by atoms with Crippen LogP contribution in [0.3, 0.4) is 0 Å². The SMILES string of the molecule is CCCCCCCCCC1(CC(=O)Nc2cccc(Br)c2)OCCO1. The molecule has 1 aliphatic rings. The maximum Gasteiger partial charge on any atom is 0.229 e. The molecule has 0 aliphatic carbocycles. The monoisotopic (exact) mass is 411 g/mol. The van der Waals surface area contributed by atoms with Crippen LogP contribution in [0.4, 0.5) is 5.69 Å². The van der Waals surface area contributed by atoms with Crippen molar-refractivity contribution in [3.63, 3.8) is 0 Å². The van der Waals surface area contributed by atoms with Crippen molar-refractivity contribution in [1.29, 1.82) is 0 Å². The largest absolute Gasteiger partial charge is 0.347 e. The van der Waals surface area contributed by atoms with Crippen molar-refractivity contribution < 1.29 is 14.3 Å². The van der Waals surface area contributed by atoms with Crippen LogP contribution in [0.15, 0.2) is 28.7 Å². The highest BCUT2D eigenvalue weighted by molar-refractivity contribution is 9.10. The number of amides is 1. The average molecular weight is 412 g/mol. The van der Waals surface area contributed by atoms with Crippen LogP contribution < -0.4 is 5.32 Å².